The van der Waals surface area contributed by atoms with Crippen molar-refractivity contribution < 1.29 is 9.32 Å². The van der Waals surface area contributed by atoms with Gasteiger partial charge in [-0.2, -0.15) is 0 Å². The van der Waals surface area contributed by atoms with Gasteiger partial charge in [0.05, 0.1) is 5.56 Å². The number of nitrogens with one attached hydrogen (secondary N) is 1. The molecule has 0 saturated heterocycles. The van der Waals surface area contributed by atoms with Crippen molar-refractivity contribution in [1.29, 1.82) is 0 Å². The Morgan fingerprint density at radius 3 is 2.88 bits per heavy atom. The number of carbonyl (C=O) groups is 1. The Morgan fingerprint density at radius 2 is 2.31 bits per heavy atom. The van der Waals surface area contributed by atoms with Crippen molar-refractivity contribution in [2.45, 2.75) is 6.92 Å². The van der Waals surface area contributed by atoms with Gasteiger partial charge in [0.1, 0.15) is 10.4 Å². The average molecular weight is 282 g/mol. The van der Waals surface area contributed by atoms with Crippen molar-refractivity contribution in [2.75, 3.05) is 5.32 Å². The van der Waals surface area contributed by atoms with Crippen LogP contribution < -0.4 is 5.32 Å². The monoisotopic (exact) mass is 281 g/mol. The smallest absolute Gasteiger partial charge is 0.258 e. The lowest BCUT2D eigenvalue weighted by Gasteiger charge is -2.00. The van der Waals surface area contributed by atoms with Gasteiger partial charge >= 0.3 is 0 Å². The summed E-state index contributed by atoms with van der Waals surface area (Å²) in [4.78, 5) is 15.6. The van der Waals surface area contributed by atoms with E-state index < -0.39 is 0 Å². The summed E-state index contributed by atoms with van der Waals surface area (Å²) in [6.07, 6.45) is 1.48. The third kappa shape index (κ3) is 2.46. The molecule has 2 aromatic rings. The number of amides is 1. The van der Waals surface area contributed by atoms with Crippen molar-refractivity contribution in [3.63, 3.8) is 0 Å². The Kier molecular flexibility index (Phi) is 3.00. The predicted molar refractivity (Wildman–Crippen MR) is 61.1 cm³/mol. The Balaban J connectivity index is 2.11. The maximum absolute atomic E-state index is 11.7. The van der Waals surface area contributed by atoms with Crippen LogP contribution in [0, 0.1) is 6.92 Å². The number of pyridine rings is 1. The van der Waals surface area contributed by atoms with Gasteiger partial charge in [0.2, 0.25) is 0 Å². The minimum Gasteiger partial charge on any atom is -0.360 e. The Hall–Kier alpha value is -1.69. The van der Waals surface area contributed by atoms with Crippen LogP contribution in [0.5, 0.6) is 0 Å². The number of hydrogen-bond acceptors (Lipinski definition) is 4. The van der Waals surface area contributed by atoms with Crippen LogP contribution >= 0.6 is 15.9 Å². The number of anilines is 1. The van der Waals surface area contributed by atoms with Gasteiger partial charge in [0, 0.05) is 12.3 Å². The van der Waals surface area contributed by atoms with Gasteiger partial charge in [-0.15, -0.1) is 0 Å². The maximum atomic E-state index is 11.7. The molecule has 2 aromatic heterocycles. The summed E-state index contributed by atoms with van der Waals surface area (Å²) in [5.74, 6) is 0.767. The molecule has 1 N–H and O–H groups in total. The van der Waals surface area contributed by atoms with Crippen molar-refractivity contribution in [3.8, 4) is 0 Å². The first-order valence-corrected chi connectivity index (χ1v) is 5.30. The molecule has 0 aliphatic rings. The molecule has 2 heterocycles. The molecule has 0 fully saturated rings. The molecule has 16 heavy (non-hydrogen) atoms. The lowest BCUT2D eigenvalue weighted by atomic mass is 10.3. The maximum Gasteiger partial charge on any atom is 0.258 e. The molecule has 0 radical (unpaired) electrons. The number of halogens is 1. The summed E-state index contributed by atoms with van der Waals surface area (Å²) < 4.78 is 5.51. The van der Waals surface area contributed by atoms with Gasteiger partial charge in [0.15, 0.2) is 5.82 Å². The number of rotatable bonds is 2. The fourth-order valence-electron chi connectivity index (χ4n) is 1.12. The lowest BCUT2D eigenvalue weighted by molar-refractivity contribution is 0.102. The number of hydrogen-bond donors (Lipinski definition) is 1. The highest BCUT2D eigenvalue weighted by molar-refractivity contribution is 9.10. The van der Waals surface area contributed by atoms with E-state index in [0.29, 0.717) is 21.7 Å². The van der Waals surface area contributed by atoms with E-state index in [1.54, 1.807) is 25.1 Å². The third-order valence-corrected chi connectivity index (χ3v) is 2.33. The van der Waals surface area contributed by atoms with Gasteiger partial charge < -0.3 is 9.84 Å². The van der Waals surface area contributed by atoms with Crippen LogP contribution in [0.25, 0.3) is 0 Å². The molecular weight excluding hydrogens is 274 g/mol. The zero-order valence-corrected chi connectivity index (χ0v) is 9.98. The van der Waals surface area contributed by atoms with E-state index in [2.05, 4.69) is 31.4 Å². The second-order valence-corrected chi connectivity index (χ2v) is 3.96. The molecule has 82 valence electrons. The molecule has 1 amide bonds. The van der Waals surface area contributed by atoms with Gasteiger partial charge in [-0.05, 0) is 35.0 Å². The number of aryl methyl sites for hydroxylation is 1. The van der Waals surface area contributed by atoms with Crippen molar-refractivity contribution in [2.24, 2.45) is 0 Å². The molecule has 6 heteroatoms. The Morgan fingerprint density at radius 1 is 1.50 bits per heavy atom. The molecule has 0 atom stereocenters. The van der Waals surface area contributed by atoms with E-state index in [1.165, 1.54) is 6.20 Å². The number of carbonyl (C=O) groups excluding carboxylic acids is 1. The molecule has 0 aliphatic heterocycles. The van der Waals surface area contributed by atoms with Gasteiger partial charge in [-0.3, -0.25) is 4.79 Å². The second-order valence-electron chi connectivity index (χ2n) is 3.15. The van der Waals surface area contributed by atoms with E-state index in [1.807, 2.05) is 0 Å². The predicted octanol–water partition coefficient (Wildman–Crippen LogP) is 2.39. The fourth-order valence-corrected chi connectivity index (χ4v) is 1.36. The zero-order chi connectivity index (χ0) is 11.5. The first-order valence-electron chi connectivity index (χ1n) is 4.51. The summed E-state index contributed by atoms with van der Waals surface area (Å²) >= 11 is 3.19. The topological polar surface area (TPSA) is 68.0 Å². The van der Waals surface area contributed by atoms with E-state index >= 15 is 0 Å². The SMILES string of the molecule is Cc1cc(NC(=O)c2ccc(Br)nc2)no1. The molecule has 0 spiro atoms. The molecule has 2 rings (SSSR count). The van der Waals surface area contributed by atoms with E-state index in [4.69, 9.17) is 4.52 Å². The molecule has 0 bridgehead atoms. The normalized spacial score (nSPS) is 10.1. The van der Waals surface area contributed by atoms with Crippen LogP contribution in [0.2, 0.25) is 0 Å². The minimum atomic E-state index is -0.270. The van der Waals surface area contributed by atoms with Gasteiger partial charge in [-0.1, -0.05) is 5.16 Å². The van der Waals surface area contributed by atoms with Crippen LogP contribution in [-0.2, 0) is 0 Å². The van der Waals surface area contributed by atoms with Gasteiger partial charge in [0.25, 0.3) is 5.91 Å². The van der Waals surface area contributed by atoms with Crippen molar-refractivity contribution in [3.05, 3.63) is 40.3 Å². The highest BCUT2D eigenvalue weighted by atomic mass is 79.9. The Labute approximate surface area is 100.0 Å². The first-order chi connectivity index (χ1) is 7.65. The van der Waals surface area contributed by atoms with Crippen LogP contribution in [0.1, 0.15) is 16.1 Å². The highest BCUT2D eigenvalue weighted by Gasteiger charge is 2.08. The van der Waals surface area contributed by atoms with E-state index in [9.17, 15) is 4.79 Å². The van der Waals surface area contributed by atoms with Crippen molar-refractivity contribution in [1.82, 2.24) is 10.1 Å². The summed E-state index contributed by atoms with van der Waals surface area (Å²) in [5.41, 5.74) is 0.462. The van der Waals surface area contributed by atoms with E-state index in [0.717, 1.165) is 0 Å². The first kappa shape index (κ1) is 10.8. The lowest BCUT2D eigenvalue weighted by Crippen LogP contribution is -2.12. The molecule has 0 unspecified atom stereocenters. The van der Waals surface area contributed by atoms with E-state index in [-0.39, 0.29) is 5.91 Å². The standard InChI is InChI=1S/C10H8BrN3O2/c1-6-4-9(14-16-6)13-10(15)7-2-3-8(11)12-5-7/h2-5H,1H3,(H,13,14,15). The van der Waals surface area contributed by atoms with Crippen LogP contribution in [0.3, 0.4) is 0 Å². The highest BCUT2D eigenvalue weighted by Crippen LogP contribution is 2.10. The molecule has 0 aromatic carbocycles. The third-order valence-electron chi connectivity index (χ3n) is 1.86. The summed E-state index contributed by atoms with van der Waals surface area (Å²) in [6.45, 7) is 1.75. The largest absolute Gasteiger partial charge is 0.360 e. The zero-order valence-electron chi connectivity index (χ0n) is 8.40. The van der Waals surface area contributed by atoms with Crippen LogP contribution in [-0.4, -0.2) is 16.0 Å². The summed E-state index contributed by atoms with van der Waals surface area (Å²) in [7, 11) is 0. The molecule has 0 aliphatic carbocycles. The van der Waals surface area contributed by atoms with Crippen LogP contribution in [0.15, 0.2) is 33.5 Å². The minimum absolute atomic E-state index is 0.270. The molecule has 0 saturated carbocycles. The fraction of sp³-hybridized carbons (Fsp3) is 0.100. The van der Waals surface area contributed by atoms with Crippen molar-refractivity contribution >= 4 is 27.7 Å². The summed E-state index contributed by atoms with van der Waals surface area (Å²) in [6, 6.07) is 5.01. The molecule has 5 nitrogen and oxygen atoms in total. The number of aromatic nitrogens is 2. The average Bonchev–Trinajstić information content (AvgIpc) is 2.65. The van der Waals surface area contributed by atoms with Gasteiger partial charge in [-0.25, -0.2) is 4.98 Å². The molecular formula is C10H8BrN3O2. The van der Waals surface area contributed by atoms with Crippen LogP contribution in [0.4, 0.5) is 5.82 Å². The summed E-state index contributed by atoms with van der Waals surface area (Å²) in [5, 5.41) is 6.26. The number of nitrogens with zero attached hydrogens (tertiary/aromatic N) is 2. The second kappa shape index (κ2) is 4.44. The quantitative estimate of drug-likeness (QED) is 0.859. The Bertz CT molecular complexity index is 507.